The van der Waals surface area contributed by atoms with Gasteiger partial charge in [-0.1, -0.05) is 23.8 Å². The zero-order chi connectivity index (χ0) is 19.5. The van der Waals surface area contributed by atoms with Crippen LogP contribution in [0, 0.1) is 13.8 Å². The summed E-state index contributed by atoms with van der Waals surface area (Å²) in [5, 5.41) is 9.79. The lowest BCUT2D eigenvalue weighted by atomic mass is 10.2. The van der Waals surface area contributed by atoms with Crippen molar-refractivity contribution < 1.29 is 4.79 Å². The smallest absolute Gasteiger partial charge is 0.257 e. The van der Waals surface area contributed by atoms with Crippen LogP contribution in [0.5, 0.6) is 0 Å². The maximum atomic E-state index is 13.0. The third kappa shape index (κ3) is 3.64. The number of nitrogens with zero attached hydrogens (tertiary/aromatic N) is 3. The first kappa shape index (κ1) is 18.3. The quantitative estimate of drug-likeness (QED) is 0.533. The molecule has 0 atom stereocenters. The Morgan fingerprint density at radius 2 is 1.82 bits per heavy atom. The van der Waals surface area contributed by atoms with Gasteiger partial charge in [-0.2, -0.15) is 5.10 Å². The van der Waals surface area contributed by atoms with Crippen LogP contribution in [-0.4, -0.2) is 26.8 Å². The maximum absolute atomic E-state index is 13.0. The van der Waals surface area contributed by atoms with E-state index in [1.807, 2.05) is 71.0 Å². The number of carbonyl (C=O) groups is 1. The van der Waals surface area contributed by atoms with Gasteiger partial charge in [0, 0.05) is 23.8 Å². The molecule has 3 heterocycles. The standard InChI is InChI=1S/C22H22N4OS/c1-16-7-9-18(10-8-16)26-22(25-13-3-4-14-25)20(17(2)24-26)21(27)23-12-11-19-6-5-15-28-19/h3-10,13-15H,11-12H2,1-2H3,(H,23,27). The monoisotopic (exact) mass is 390 g/mol. The minimum Gasteiger partial charge on any atom is -0.351 e. The van der Waals surface area contributed by atoms with E-state index in [0.717, 1.165) is 17.9 Å². The lowest BCUT2D eigenvalue weighted by Crippen LogP contribution is -2.27. The molecule has 0 saturated carbocycles. The second-order valence-electron chi connectivity index (χ2n) is 6.71. The number of carbonyl (C=O) groups excluding carboxylic acids is 1. The van der Waals surface area contributed by atoms with E-state index >= 15 is 0 Å². The molecule has 5 nitrogen and oxygen atoms in total. The van der Waals surface area contributed by atoms with E-state index in [4.69, 9.17) is 0 Å². The van der Waals surface area contributed by atoms with Gasteiger partial charge in [-0.25, -0.2) is 4.68 Å². The van der Waals surface area contributed by atoms with Crippen molar-refractivity contribution in [1.82, 2.24) is 19.7 Å². The Kier molecular flexibility index (Phi) is 5.12. The van der Waals surface area contributed by atoms with Gasteiger partial charge < -0.3 is 9.88 Å². The molecule has 4 rings (SSSR count). The topological polar surface area (TPSA) is 51.9 Å². The fourth-order valence-electron chi connectivity index (χ4n) is 3.20. The molecule has 3 aromatic heterocycles. The SMILES string of the molecule is Cc1ccc(-n2nc(C)c(C(=O)NCCc3cccs3)c2-n2cccc2)cc1. The molecule has 0 radical (unpaired) electrons. The van der Waals surface area contributed by atoms with E-state index in [-0.39, 0.29) is 5.91 Å². The second kappa shape index (κ2) is 7.86. The molecule has 1 N–H and O–H groups in total. The first-order chi connectivity index (χ1) is 13.6. The lowest BCUT2D eigenvalue weighted by molar-refractivity contribution is 0.0953. The van der Waals surface area contributed by atoms with Gasteiger partial charge in [0.15, 0.2) is 5.82 Å². The number of nitrogens with one attached hydrogen (secondary N) is 1. The van der Waals surface area contributed by atoms with Crippen molar-refractivity contribution in [2.45, 2.75) is 20.3 Å². The van der Waals surface area contributed by atoms with Gasteiger partial charge in [0.1, 0.15) is 5.56 Å². The summed E-state index contributed by atoms with van der Waals surface area (Å²) >= 11 is 1.71. The molecule has 0 saturated heterocycles. The third-order valence-electron chi connectivity index (χ3n) is 4.63. The summed E-state index contributed by atoms with van der Waals surface area (Å²) in [5.41, 5.74) is 3.41. The number of aromatic nitrogens is 3. The van der Waals surface area contributed by atoms with Crippen molar-refractivity contribution in [3.05, 3.63) is 88.0 Å². The van der Waals surface area contributed by atoms with Crippen LogP contribution in [0.25, 0.3) is 11.5 Å². The molecule has 6 heteroatoms. The number of aryl methyl sites for hydroxylation is 2. The molecule has 0 fully saturated rings. The Bertz CT molecular complexity index is 1060. The van der Waals surface area contributed by atoms with E-state index in [0.29, 0.717) is 17.8 Å². The van der Waals surface area contributed by atoms with Gasteiger partial charge in [-0.3, -0.25) is 4.79 Å². The summed E-state index contributed by atoms with van der Waals surface area (Å²) in [7, 11) is 0. The first-order valence-electron chi connectivity index (χ1n) is 9.24. The predicted molar refractivity (Wildman–Crippen MR) is 113 cm³/mol. The highest BCUT2D eigenvalue weighted by Gasteiger charge is 2.23. The molecular formula is C22H22N4OS. The van der Waals surface area contributed by atoms with Crippen molar-refractivity contribution in [2.75, 3.05) is 6.54 Å². The fraction of sp³-hybridized carbons (Fsp3) is 0.182. The third-order valence-corrected chi connectivity index (χ3v) is 5.56. The highest BCUT2D eigenvalue weighted by Crippen LogP contribution is 2.23. The van der Waals surface area contributed by atoms with E-state index in [1.54, 1.807) is 11.3 Å². The fourth-order valence-corrected chi connectivity index (χ4v) is 3.91. The van der Waals surface area contributed by atoms with Gasteiger partial charge >= 0.3 is 0 Å². The molecule has 0 unspecified atom stereocenters. The average Bonchev–Trinajstić information content (AvgIpc) is 3.43. The van der Waals surface area contributed by atoms with Gasteiger partial charge in [-0.15, -0.1) is 11.3 Å². The van der Waals surface area contributed by atoms with Crippen molar-refractivity contribution in [1.29, 1.82) is 0 Å². The number of benzene rings is 1. The largest absolute Gasteiger partial charge is 0.351 e. The Morgan fingerprint density at radius 1 is 1.07 bits per heavy atom. The van der Waals surface area contributed by atoms with Crippen LogP contribution in [0.3, 0.4) is 0 Å². The predicted octanol–water partition coefficient (Wildman–Crippen LogP) is 4.31. The zero-order valence-electron chi connectivity index (χ0n) is 15.9. The number of hydrogen-bond acceptors (Lipinski definition) is 3. The van der Waals surface area contributed by atoms with Gasteiger partial charge in [0.25, 0.3) is 5.91 Å². The van der Waals surface area contributed by atoms with Crippen molar-refractivity contribution in [2.24, 2.45) is 0 Å². The van der Waals surface area contributed by atoms with Crippen molar-refractivity contribution >= 4 is 17.2 Å². The molecule has 0 aliphatic heterocycles. The number of amides is 1. The first-order valence-corrected chi connectivity index (χ1v) is 10.1. The van der Waals surface area contributed by atoms with E-state index in [2.05, 4.69) is 28.8 Å². The Balaban J connectivity index is 1.68. The van der Waals surface area contributed by atoms with Crippen molar-refractivity contribution in [3.63, 3.8) is 0 Å². The van der Waals surface area contributed by atoms with Crippen LogP contribution in [0.1, 0.15) is 26.5 Å². The molecule has 0 aliphatic carbocycles. The number of thiophene rings is 1. The maximum Gasteiger partial charge on any atom is 0.257 e. The van der Waals surface area contributed by atoms with Gasteiger partial charge in [0.2, 0.25) is 0 Å². The summed E-state index contributed by atoms with van der Waals surface area (Å²) in [6.45, 7) is 4.53. The molecule has 1 amide bonds. The number of hydrogen-bond donors (Lipinski definition) is 1. The second-order valence-corrected chi connectivity index (χ2v) is 7.74. The van der Waals surface area contributed by atoms with E-state index < -0.39 is 0 Å². The Labute approximate surface area is 168 Å². The highest BCUT2D eigenvalue weighted by atomic mass is 32.1. The van der Waals surface area contributed by atoms with Crippen LogP contribution < -0.4 is 5.32 Å². The molecule has 1 aromatic carbocycles. The van der Waals surface area contributed by atoms with Crippen LogP contribution in [0.4, 0.5) is 0 Å². The highest BCUT2D eigenvalue weighted by molar-refractivity contribution is 7.09. The minimum atomic E-state index is -0.101. The molecule has 142 valence electrons. The van der Waals surface area contributed by atoms with Crippen LogP contribution in [0.2, 0.25) is 0 Å². The Morgan fingerprint density at radius 3 is 2.50 bits per heavy atom. The molecular weight excluding hydrogens is 368 g/mol. The van der Waals surface area contributed by atoms with Crippen LogP contribution in [-0.2, 0) is 6.42 Å². The molecule has 0 bridgehead atoms. The molecule has 0 aliphatic rings. The summed E-state index contributed by atoms with van der Waals surface area (Å²) in [5.74, 6) is 0.649. The summed E-state index contributed by atoms with van der Waals surface area (Å²) in [6.07, 6.45) is 4.69. The molecule has 28 heavy (non-hydrogen) atoms. The molecule has 4 aromatic rings. The molecule has 0 spiro atoms. The van der Waals surface area contributed by atoms with Gasteiger partial charge in [-0.05, 0) is 56.0 Å². The summed E-state index contributed by atoms with van der Waals surface area (Å²) in [6, 6.07) is 16.1. The lowest BCUT2D eigenvalue weighted by Gasteiger charge is -2.11. The number of rotatable bonds is 6. The van der Waals surface area contributed by atoms with Gasteiger partial charge in [0.05, 0.1) is 11.4 Å². The Hall–Kier alpha value is -3.12. The van der Waals surface area contributed by atoms with Crippen LogP contribution in [0.15, 0.2) is 66.3 Å². The average molecular weight is 391 g/mol. The van der Waals surface area contributed by atoms with E-state index in [9.17, 15) is 4.79 Å². The minimum absolute atomic E-state index is 0.101. The van der Waals surface area contributed by atoms with Crippen molar-refractivity contribution in [3.8, 4) is 11.5 Å². The zero-order valence-corrected chi connectivity index (χ0v) is 16.7. The summed E-state index contributed by atoms with van der Waals surface area (Å²) in [4.78, 5) is 14.3. The normalized spacial score (nSPS) is 10.9. The van der Waals surface area contributed by atoms with E-state index in [1.165, 1.54) is 10.4 Å². The van der Waals surface area contributed by atoms with Crippen LogP contribution >= 0.6 is 11.3 Å². The summed E-state index contributed by atoms with van der Waals surface area (Å²) < 4.78 is 3.77.